The van der Waals surface area contributed by atoms with Gasteiger partial charge >= 0.3 is 0 Å². The third kappa shape index (κ3) is 1.42. The van der Waals surface area contributed by atoms with Crippen LogP contribution in [0, 0.1) is 16.1 Å². The molecule has 0 aliphatic rings. The van der Waals surface area contributed by atoms with E-state index in [1.165, 1.54) is 0 Å². The molecule has 0 bridgehead atoms. The van der Waals surface area contributed by atoms with Gasteiger partial charge in [0.1, 0.15) is 6.20 Å². The maximum atomic E-state index is 12.3. The Morgan fingerprint density at radius 3 is 2.83 bits per heavy atom. The number of hydrogen-bond acceptors (Lipinski definition) is 4. The van der Waals surface area contributed by atoms with Crippen molar-refractivity contribution in [3.8, 4) is 0 Å². The van der Waals surface area contributed by atoms with Gasteiger partial charge in [0.2, 0.25) is 5.95 Å². The largest absolute Gasteiger partial charge is 0.298 e. The molecule has 0 aliphatic carbocycles. The van der Waals surface area contributed by atoms with Crippen LogP contribution in [0.3, 0.4) is 0 Å². The Kier molecular flexibility index (Phi) is 2.09. The predicted octanol–water partition coefficient (Wildman–Crippen LogP) is 0.941. The van der Waals surface area contributed by atoms with Gasteiger partial charge in [0.15, 0.2) is 6.29 Å². The van der Waals surface area contributed by atoms with Crippen molar-refractivity contribution in [3.05, 3.63) is 33.9 Å². The van der Waals surface area contributed by atoms with Gasteiger partial charge in [0.05, 0.1) is 10.5 Å². The number of carbonyl (C=O) groups is 1. The van der Waals surface area contributed by atoms with E-state index < -0.39 is 16.6 Å². The fraction of sp³-hybridized carbons (Fsp3) is 0. The molecule has 1 aromatic rings. The van der Waals surface area contributed by atoms with Gasteiger partial charge < -0.3 is 0 Å². The zero-order chi connectivity index (χ0) is 9.14. The molecule has 0 saturated carbocycles. The molecule has 0 N–H and O–H groups in total. The van der Waals surface area contributed by atoms with Crippen LogP contribution in [0.25, 0.3) is 0 Å². The second-order valence-electron chi connectivity index (χ2n) is 1.94. The maximum Gasteiger partial charge on any atom is 0.298 e. The first-order valence-electron chi connectivity index (χ1n) is 2.90. The van der Waals surface area contributed by atoms with Gasteiger partial charge in [-0.1, -0.05) is 0 Å². The van der Waals surface area contributed by atoms with Crippen LogP contribution in [0.4, 0.5) is 10.1 Å². The fourth-order valence-corrected chi connectivity index (χ4v) is 0.684. The molecule has 6 heteroatoms. The van der Waals surface area contributed by atoms with Crippen LogP contribution in [0.15, 0.2) is 12.3 Å². The number of nitro groups is 1. The van der Waals surface area contributed by atoms with Crippen molar-refractivity contribution in [2.75, 3.05) is 0 Å². The normalized spacial score (nSPS) is 9.42. The fourth-order valence-electron chi connectivity index (χ4n) is 0.684. The predicted molar refractivity (Wildman–Crippen MR) is 36.2 cm³/mol. The number of aldehydes is 1. The Morgan fingerprint density at radius 2 is 2.33 bits per heavy atom. The Bertz CT molecular complexity index is 340. The second-order valence-corrected chi connectivity index (χ2v) is 1.94. The van der Waals surface area contributed by atoms with E-state index >= 15 is 0 Å². The smallest absolute Gasteiger partial charge is 0.298 e. The zero-order valence-corrected chi connectivity index (χ0v) is 5.73. The molecule has 0 atom stereocenters. The van der Waals surface area contributed by atoms with Gasteiger partial charge in [-0.25, -0.2) is 4.98 Å². The van der Waals surface area contributed by atoms with E-state index in [0.29, 0.717) is 12.3 Å². The van der Waals surface area contributed by atoms with Crippen molar-refractivity contribution in [3.63, 3.8) is 0 Å². The van der Waals surface area contributed by atoms with Crippen LogP contribution in [-0.4, -0.2) is 16.2 Å². The number of aromatic nitrogens is 1. The second kappa shape index (κ2) is 3.04. The summed E-state index contributed by atoms with van der Waals surface area (Å²) in [5.41, 5.74) is -0.807. The molecule has 0 radical (unpaired) electrons. The lowest BCUT2D eigenvalue weighted by molar-refractivity contribution is -0.385. The highest BCUT2D eigenvalue weighted by atomic mass is 19.1. The Hall–Kier alpha value is -1.85. The van der Waals surface area contributed by atoms with Crippen LogP contribution >= 0.6 is 0 Å². The summed E-state index contributed by atoms with van der Waals surface area (Å²) in [4.78, 5) is 22.6. The minimum absolute atomic E-state index is 0.211. The number of nitrogens with zero attached hydrogens (tertiary/aromatic N) is 2. The van der Waals surface area contributed by atoms with Crippen molar-refractivity contribution in [2.24, 2.45) is 0 Å². The van der Waals surface area contributed by atoms with Crippen LogP contribution in [-0.2, 0) is 0 Å². The third-order valence-electron chi connectivity index (χ3n) is 1.20. The summed E-state index contributed by atoms with van der Waals surface area (Å²) in [6.45, 7) is 0. The Balaban J connectivity index is 3.29. The van der Waals surface area contributed by atoms with Crippen LogP contribution in [0.2, 0.25) is 0 Å². The first-order chi connectivity index (χ1) is 5.65. The van der Waals surface area contributed by atoms with Crippen molar-refractivity contribution >= 4 is 12.0 Å². The van der Waals surface area contributed by atoms with E-state index in [0.717, 1.165) is 0 Å². The molecule has 0 aliphatic heterocycles. The lowest BCUT2D eigenvalue weighted by Crippen LogP contribution is -1.96. The number of hydrogen-bond donors (Lipinski definition) is 0. The molecule has 5 nitrogen and oxygen atoms in total. The lowest BCUT2D eigenvalue weighted by Gasteiger charge is -1.93. The van der Waals surface area contributed by atoms with Crippen molar-refractivity contribution in [2.45, 2.75) is 0 Å². The molecule has 0 spiro atoms. The molecule has 62 valence electrons. The van der Waals surface area contributed by atoms with Gasteiger partial charge in [0.25, 0.3) is 5.69 Å². The molecular formula is C6H3FN2O3. The third-order valence-corrected chi connectivity index (χ3v) is 1.20. The zero-order valence-electron chi connectivity index (χ0n) is 5.73. The monoisotopic (exact) mass is 170 g/mol. The van der Waals surface area contributed by atoms with E-state index in [-0.39, 0.29) is 11.8 Å². The summed E-state index contributed by atoms with van der Waals surface area (Å²) >= 11 is 0. The summed E-state index contributed by atoms with van der Waals surface area (Å²) in [7, 11) is 0. The average molecular weight is 170 g/mol. The van der Waals surface area contributed by atoms with E-state index in [1.54, 1.807) is 0 Å². The topological polar surface area (TPSA) is 73.1 Å². The van der Waals surface area contributed by atoms with E-state index in [2.05, 4.69) is 4.98 Å². The van der Waals surface area contributed by atoms with E-state index in [4.69, 9.17) is 0 Å². The molecule has 1 aromatic heterocycles. The van der Waals surface area contributed by atoms with E-state index in [9.17, 15) is 19.3 Å². The molecule has 0 fully saturated rings. The van der Waals surface area contributed by atoms with Gasteiger partial charge in [-0.3, -0.25) is 14.9 Å². The van der Waals surface area contributed by atoms with Crippen molar-refractivity contribution in [1.29, 1.82) is 0 Å². The first kappa shape index (κ1) is 8.25. The number of halogens is 1. The molecule has 0 aromatic carbocycles. The van der Waals surface area contributed by atoms with E-state index in [1.807, 2.05) is 0 Å². The van der Waals surface area contributed by atoms with Gasteiger partial charge in [0, 0.05) is 6.07 Å². The van der Waals surface area contributed by atoms with Crippen molar-refractivity contribution < 1.29 is 14.1 Å². The Morgan fingerprint density at radius 1 is 1.67 bits per heavy atom. The summed E-state index contributed by atoms with van der Waals surface area (Å²) in [6, 6.07) is 0.713. The number of carbonyl (C=O) groups excluding carboxylic acids is 1. The van der Waals surface area contributed by atoms with Gasteiger partial charge in [-0.05, 0) is 0 Å². The summed E-state index contributed by atoms with van der Waals surface area (Å²) in [5, 5.41) is 10.2. The van der Waals surface area contributed by atoms with Gasteiger partial charge in [-0.2, -0.15) is 4.39 Å². The lowest BCUT2D eigenvalue weighted by atomic mass is 10.2. The van der Waals surface area contributed by atoms with Crippen LogP contribution < -0.4 is 0 Å². The molecule has 0 amide bonds. The van der Waals surface area contributed by atoms with Crippen molar-refractivity contribution in [1.82, 2.24) is 4.98 Å². The highest BCUT2D eigenvalue weighted by Gasteiger charge is 2.13. The Labute approximate surface area is 66.0 Å². The SMILES string of the molecule is O=Cc1cc(F)ncc1[N+](=O)[O-]. The molecule has 12 heavy (non-hydrogen) atoms. The average Bonchev–Trinajstić information content (AvgIpc) is 2.03. The standard InChI is InChI=1S/C6H3FN2O3/c7-6-1-4(3-10)5(2-8-6)9(11)12/h1-3H. The highest BCUT2D eigenvalue weighted by Crippen LogP contribution is 2.14. The quantitative estimate of drug-likeness (QED) is 0.286. The molecular weight excluding hydrogens is 167 g/mol. The van der Waals surface area contributed by atoms with Crippen LogP contribution in [0.1, 0.15) is 10.4 Å². The molecule has 1 rings (SSSR count). The summed E-state index contributed by atoms with van der Waals surface area (Å²) < 4.78 is 12.3. The summed E-state index contributed by atoms with van der Waals surface area (Å²) in [5.74, 6) is -0.914. The van der Waals surface area contributed by atoms with Crippen LogP contribution in [0.5, 0.6) is 0 Å². The maximum absolute atomic E-state index is 12.3. The highest BCUT2D eigenvalue weighted by molar-refractivity contribution is 5.80. The first-order valence-corrected chi connectivity index (χ1v) is 2.90. The molecule has 1 heterocycles. The number of pyridine rings is 1. The minimum Gasteiger partial charge on any atom is -0.298 e. The molecule has 0 saturated heterocycles. The van der Waals surface area contributed by atoms with Gasteiger partial charge in [-0.15, -0.1) is 0 Å². The molecule has 0 unspecified atom stereocenters. The summed E-state index contributed by atoms with van der Waals surface area (Å²) in [6.07, 6.45) is 0.919. The number of rotatable bonds is 2. The minimum atomic E-state index is -0.914.